The average molecular weight is 131 g/mol. The van der Waals surface area contributed by atoms with E-state index in [2.05, 4.69) is 9.47 Å². The Hall–Kier alpha value is -1.03. The Balaban J connectivity index is 3.26. The third-order valence-corrected chi connectivity index (χ3v) is 0.558. The van der Waals surface area contributed by atoms with Crippen molar-refractivity contribution in [1.82, 2.24) is 0 Å². The summed E-state index contributed by atoms with van der Waals surface area (Å²) < 4.78 is 8.80. The van der Waals surface area contributed by atoms with E-state index < -0.39 is 5.97 Å². The molecule has 0 fully saturated rings. The molecule has 0 saturated heterocycles. The molecule has 0 unspecified atom stereocenters. The molecule has 0 spiro atoms. The van der Waals surface area contributed by atoms with E-state index in [4.69, 9.17) is 5.73 Å². The molecule has 0 aliphatic rings. The molecule has 0 aromatic carbocycles. The van der Waals surface area contributed by atoms with Gasteiger partial charge in [0.2, 0.25) is 0 Å². The quantitative estimate of drug-likeness (QED) is 0.418. The van der Waals surface area contributed by atoms with E-state index in [1.54, 1.807) is 0 Å². The standard InChI is InChI=1S/C5H9NO3/c1-8-2-3-9-5(7)4-6/h2-3H,4,6H2,1H3. The predicted octanol–water partition coefficient (Wildman–Crippen LogP) is -0.394. The van der Waals surface area contributed by atoms with Gasteiger partial charge >= 0.3 is 5.97 Å². The molecule has 2 N–H and O–H groups in total. The Kier molecular flexibility index (Phi) is 4.53. The van der Waals surface area contributed by atoms with Crippen LogP contribution in [0.5, 0.6) is 0 Å². The Morgan fingerprint density at radius 1 is 1.67 bits per heavy atom. The minimum atomic E-state index is -0.483. The fourth-order valence-corrected chi connectivity index (χ4v) is 0.207. The molecule has 52 valence electrons. The molecule has 0 amide bonds. The fraction of sp³-hybridized carbons (Fsp3) is 0.400. The molecule has 0 radical (unpaired) electrons. The number of rotatable bonds is 3. The SMILES string of the molecule is COC=COC(=O)CN. The van der Waals surface area contributed by atoms with Crippen molar-refractivity contribution in [3.05, 3.63) is 12.5 Å². The molecular weight excluding hydrogens is 122 g/mol. The summed E-state index contributed by atoms with van der Waals surface area (Å²) in [6, 6.07) is 0. The lowest BCUT2D eigenvalue weighted by Gasteiger charge is -1.91. The minimum Gasteiger partial charge on any atom is -0.501 e. The second-order valence-corrected chi connectivity index (χ2v) is 1.20. The van der Waals surface area contributed by atoms with Crippen LogP contribution in [0.3, 0.4) is 0 Å². The summed E-state index contributed by atoms with van der Waals surface area (Å²) in [5.41, 5.74) is 4.91. The molecule has 0 rings (SSSR count). The Morgan fingerprint density at radius 3 is 2.78 bits per heavy atom. The van der Waals surface area contributed by atoms with Crippen LogP contribution in [0.25, 0.3) is 0 Å². The van der Waals surface area contributed by atoms with Gasteiger partial charge in [0.05, 0.1) is 13.7 Å². The van der Waals surface area contributed by atoms with Crippen LogP contribution in [-0.4, -0.2) is 19.6 Å². The molecule has 0 aromatic rings. The summed E-state index contributed by atoms with van der Waals surface area (Å²) >= 11 is 0. The van der Waals surface area contributed by atoms with Crippen molar-refractivity contribution in [3.8, 4) is 0 Å². The maximum Gasteiger partial charge on any atom is 0.324 e. The number of nitrogens with two attached hydrogens (primary N) is 1. The maximum atomic E-state index is 10.2. The highest BCUT2D eigenvalue weighted by molar-refractivity contribution is 5.71. The summed E-state index contributed by atoms with van der Waals surface area (Å²) in [5, 5.41) is 0. The van der Waals surface area contributed by atoms with Crippen LogP contribution in [0.1, 0.15) is 0 Å². The fourth-order valence-electron chi connectivity index (χ4n) is 0.207. The molecule has 0 saturated carbocycles. The molecule has 4 nitrogen and oxygen atoms in total. The monoisotopic (exact) mass is 131 g/mol. The molecule has 0 aliphatic heterocycles. The lowest BCUT2D eigenvalue weighted by Crippen LogP contribution is -2.13. The first-order valence-corrected chi connectivity index (χ1v) is 2.38. The van der Waals surface area contributed by atoms with Gasteiger partial charge in [0.1, 0.15) is 12.5 Å². The van der Waals surface area contributed by atoms with Crippen molar-refractivity contribution in [2.45, 2.75) is 0 Å². The lowest BCUT2D eigenvalue weighted by molar-refractivity contribution is -0.136. The molecule has 0 atom stereocenters. The van der Waals surface area contributed by atoms with E-state index in [-0.39, 0.29) is 6.54 Å². The number of hydrogen-bond acceptors (Lipinski definition) is 4. The van der Waals surface area contributed by atoms with Gasteiger partial charge in [-0.05, 0) is 0 Å². The van der Waals surface area contributed by atoms with Gasteiger partial charge in [-0.25, -0.2) is 0 Å². The third kappa shape index (κ3) is 4.83. The van der Waals surface area contributed by atoms with Gasteiger partial charge in [-0.1, -0.05) is 0 Å². The van der Waals surface area contributed by atoms with Crippen molar-refractivity contribution in [2.24, 2.45) is 5.73 Å². The van der Waals surface area contributed by atoms with Crippen LogP contribution in [0.4, 0.5) is 0 Å². The third-order valence-electron chi connectivity index (χ3n) is 0.558. The number of carbonyl (C=O) groups excluding carboxylic acids is 1. The first kappa shape index (κ1) is 7.97. The average Bonchev–Trinajstić information content (AvgIpc) is 1.89. The Labute approximate surface area is 53.2 Å². The molecule has 4 heteroatoms. The zero-order valence-electron chi connectivity index (χ0n) is 5.16. The van der Waals surface area contributed by atoms with E-state index in [1.807, 2.05) is 0 Å². The molecule has 0 bridgehead atoms. The van der Waals surface area contributed by atoms with E-state index in [1.165, 1.54) is 13.4 Å². The zero-order valence-corrected chi connectivity index (χ0v) is 5.16. The van der Waals surface area contributed by atoms with Gasteiger partial charge in [-0.3, -0.25) is 4.79 Å². The smallest absolute Gasteiger partial charge is 0.324 e. The highest BCUT2D eigenvalue weighted by Crippen LogP contribution is 1.77. The Bertz CT molecular complexity index is 111. The molecule has 9 heavy (non-hydrogen) atoms. The maximum absolute atomic E-state index is 10.2. The predicted molar refractivity (Wildman–Crippen MR) is 31.3 cm³/mol. The summed E-state index contributed by atoms with van der Waals surface area (Å²) in [4.78, 5) is 10.2. The molecule has 0 aromatic heterocycles. The number of methoxy groups -OCH3 is 1. The van der Waals surface area contributed by atoms with E-state index in [0.717, 1.165) is 6.26 Å². The van der Waals surface area contributed by atoms with Crippen molar-refractivity contribution in [3.63, 3.8) is 0 Å². The van der Waals surface area contributed by atoms with Crippen LogP contribution >= 0.6 is 0 Å². The number of ether oxygens (including phenoxy) is 2. The van der Waals surface area contributed by atoms with Gasteiger partial charge in [0.25, 0.3) is 0 Å². The van der Waals surface area contributed by atoms with Crippen LogP contribution in [0.2, 0.25) is 0 Å². The zero-order chi connectivity index (χ0) is 7.11. The second kappa shape index (κ2) is 5.11. The first-order valence-electron chi connectivity index (χ1n) is 2.38. The normalized spacial score (nSPS) is 9.56. The van der Waals surface area contributed by atoms with Crippen molar-refractivity contribution in [1.29, 1.82) is 0 Å². The minimum absolute atomic E-state index is 0.117. The number of esters is 1. The van der Waals surface area contributed by atoms with Gasteiger partial charge in [-0.2, -0.15) is 0 Å². The summed E-state index contributed by atoms with van der Waals surface area (Å²) in [7, 11) is 1.45. The van der Waals surface area contributed by atoms with E-state index in [0.29, 0.717) is 0 Å². The summed E-state index contributed by atoms with van der Waals surface area (Å²) in [6.07, 6.45) is 2.38. The van der Waals surface area contributed by atoms with Gasteiger partial charge in [0.15, 0.2) is 0 Å². The summed E-state index contributed by atoms with van der Waals surface area (Å²) in [5.74, 6) is -0.483. The van der Waals surface area contributed by atoms with Crippen molar-refractivity contribution < 1.29 is 14.3 Å². The number of hydrogen-bond donors (Lipinski definition) is 1. The van der Waals surface area contributed by atoms with Gasteiger partial charge in [0, 0.05) is 0 Å². The lowest BCUT2D eigenvalue weighted by atomic mass is 10.7. The second-order valence-electron chi connectivity index (χ2n) is 1.20. The highest BCUT2D eigenvalue weighted by atomic mass is 16.5. The van der Waals surface area contributed by atoms with Crippen LogP contribution in [0.15, 0.2) is 12.5 Å². The highest BCUT2D eigenvalue weighted by Gasteiger charge is 1.91. The van der Waals surface area contributed by atoms with Gasteiger partial charge < -0.3 is 15.2 Å². The molecular formula is C5H9NO3. The van der Waals surface area contributed by atoms with E-state index >= 15 is 0 Å². The molecule has 0 heterocycles. The first-order chi connectivity index (χ1) is 4.31. The van der Waals surface area contributed by atoms with Crippen LogP contribution in [-0.2, 0) is 14.3 Å². The van der Waals surface area contributed by atoms with Crippen LogP contribution in [0, 0.1) is 0 Å². The summed E-state index contributed by atoms with van der Waals surface area (Å²) in [6.45, 7) is -0.117. The van der Waals surface area contributed by atoms with Crippen LogP contribution < -0.4 is 5.73 Å². The topological polar surface area (TPSA) is 61.5 Å². The van der Waals surface area contributed by atoms with Gasteiger partial charge in [-0.15, -0.1) is 0 Å². The number of carbonyl (C=O) groups is 1. The van der Waals surface area contributed by atoms with E-state index in [9.17, 15) is 4.79 Å². The van der Waals surface area contributed by atoms with Crippen molar-refractivity contribution in [2.75, 3.05) is 13.7 Å². The molecule has 0 aliphatic carbocycles. The van der Waals surface area contributed by atoms with Crippen molar-refractivity contribution >= 4 is 5.97 Å². The largest absolute Gasteiger partial charge is 0.501 e. The Morgan fingerprint density at radius 2 is 2.33 bits per heavy atom.